The van der Waals surface area contributed by atoms with Gasteiger partial charge in [-0.1, -0.05) is 175 Å². The van der Waals surface area contributed by atoms with Crippen molar-refractivity contribution in [3.63, 3.8) is 0 Å². The zero-order valence-corrected chi connectivity index (χ0v) is 28.4. The molecule has 0 heterocycles. The van der Waals surface area contributed by atoms with Gasteiger partial charge >= 0.3 is 11.9 Å². The summed E-state index contributed by atoms with van der Waals surface area (Å²) in [7, 11) is 0. The molecule has 0 bridgehead atoms. The first-order chi connectivity index (χ1) is 20.5. The highest BCUT2D eigenvalue weighted by Crippen LogP contribution is 2.15. The lowest BCUT2D eigenvalue weighted by molar-refractivity contribution is -0.152. The summed E-state index contributed by atoms with van der Waals surface area (Å²) in [4.78, 5) is 23.8. The smallest absolute Gasteiger partial charge is 0.305 e. The van der Waals surface area contributed by atoms with E-state index in [2.05, 4.69) is 20.8 Å². The fourth-order valence-electron chi connectivity index (χ4n) is 5.45. The minimum Gasteiger partial charge on any atom is -0.463 e. The average molecular weight is 597 g/mol. The Morgan fingerprint density at radius 2 is 0.762 bits per heavy atom. The maximum absolute atomic E-state index is 11.9. The van der Waals surface area contributed by atoms with E-state index in [0.717, 1.165) is 38.0 Å². The van der Waals surface area contributed by atoms with Gasteiger partial charge in [0.15, 0.2) is 0 Å². The molecule has 42 heavy (non-hydrogen) atoms. The number of aliphatic hydroxyl groups is 1. The molecule has 0 aromatic carbocycles. The fraction of sp³-hybridized carbons (Fsp3) is 0.946. The zero-order chi connectivity index (χ0) is 30.9. The van der Waals surface area contributed by atoms with E-state index in [1.807, 2.05) is 0 Å². The topological polar surface area (TPSA) is 72.8 Å². The molecule has 1 atom stereocenters. The first kappa shape index (κ1) is 40.9. The molecule has 0 rings (SSSR count). The van der Waals surface area contributed by atoms with E-state index in [-0.39, 0.29) is 25.2 Å². The molecule has 0 aromatic rings. The van der Waals surface area contributed by atoms with Gasteiger partial charge in [0, 0.05) is 12.8 Å². The van der Waals surface area contributed by atoms with Crippen LogP contribution in [0.2, 0.25) is 0 Å². The molecular weight excluding hydrogens is 524 g/mol. The number of rotatable bonds is 33. The third kappa shape index (κ3) is 33.4. The van der Waals surface area contributed by atoms with E-state index in [1.165, 1.54) is 135 Å². The normalized spacial score (nSPS) is 12.1. The highest BCUT2D eigenvalue weighted by molar-refractivity contribution is 5.69. The summed E-state index contributed by atoms with van der Waals surface area (Å²) in [5, 5.41) is 9.96. The molecule has 5 heteroatoms. The lowest BCUT2D eigenvalue weighted by Gasteiger charge is -2.12. The van der Waals surface area contributed by atoms with E-state index in [4.69, 9.17) is 9.47 Å². The van der Waals surface area contributed by atoms with Crippen LogP contribution in [0.4, 0.5) is 0 Å². The minimum absolute atomic E-state index is 0.109. The summed E-state index contributed by atoms with van der Waals surface area (Å²) in [6.45, 7) is 6.65. The number of hydrogen-bond donors (Lipinski definition) is 1. The molecule has 0 aliphatic heterocycles. The van der Waals surface area contributed by atoms with Crippen molar-refractivity contribution < 1.29 is 24.2 Å². The van der Waals surface area contributed by atoms with Gasteiger partial charge in [-0.3, -0.25) is 9.59 Å². The molecule has 250 valence electrons. The quantitative estimate of drug-likeness (QED) is 0.0602. The number of esters is 2. The van der Waals surface area contributed by atoms with Gasteiger partial charge in [0.25, 0.3) is 0 Å². The summed E-state index contributed by atoms with van der Waals surface area (Å²) in [5.41, 5.74) is 0. The lowest BCUT2D eigenvalue weighted by Crippen LogP contribution is -2.25. The van der Waals surface area contributed by atoms with Crippen molar-refractivity contribution in [1.82, 2.24) is 0 Å². The van der Waals surface area contributed by atoms with Crippen LogP contribution < -0.4 is 0 Å². The molecule has 0 fully saturated rings. The van der Waals surface area contributed by atoms with E-state index in [0.29, 0.717) is 12.8 Å². The van der Waals surface area contributed by atoms with Crippen molar-refractivity contribution in [3.8, 4) is 0 Å². The van der Waals surface area contributed by atoms with Crippen molar-refractivity contribution in [2.24, 2.45) is 5.92 Å². The van der Waals surface area contributed by atoms with Crippen LogP contribution in [0.15, 0.2) is 0 Å². The summed E-state index contributed by atoms with van der Waals surface area (Å²) >= 11 is 0. The number of unbranched alkanes of at least 4 members (excludes halogenated alkanes) is 23. The van der Waals surface area contributed by atoms with Crippen molar-refractivity contribution >= 4 is 11.9 Å². The predicted molar refractivity (Wildman–Crippen MR) is 178 cm³/mol. The van der Waals surface area contributed by atoms with Crippen molar-refractivity contribution in [2.45, 2.75) is 207 Å². The van der Waals surface area contributed by atoms with Crippen LogP contribution in [-0.4, -0.2) is 36.4 Å². The molecular formula is C37H72O5. The Balaban J connectivity index is 3.36. The molecule has 0 radical (unpaired) electrons. The van der Waals surface area contributed by atoms with Crippen molar-refractivity contribution in [1.29, 1.82) is 0 Å². The third-order valence-electron chi connectivity index (χ3n) is 8.27. The first-order valence-electron chi connectivity index (χ1n) is 18.4. The van der Waals surface area contributed by atoms with Gasteiger partial charge < -0.3 is 14.6 Å². The van der Waals surface area contributed by atoms with E-state index in [1.54, 1.807) is 0 Å². The molecule has 0 amide bonds. The number of carbonyl (C=O) groups excluding carboxylic acids is 2. The first-order valence-corrected chi connectivity index (χ1v) is 18.4. The Kier molecular flexibility index (Phi) is 31.9. The van der Waals surface area contributed by atoms with Gasteiger partial charge in [0.1, 0.15) is 19.3 Å². The maximum atomic E-state index is 11.9. The maximum Gasteiger partial charge on any atom is 0.305 e. The van der Waals surface area contributed by atoms with Crippen LogP contribution in [0.3, 0.4) is 0 Å². The SMILES string of the molecule is CCCCCCCCCCCC(=O)OC[C@H](O)COC(=O)CCCCCCCCCCCCCCCCCCC(C)C. The molecule has 0 aromatic heterocycles. The van der Waals surface area contributed by atoms with E-state index < -0.39 is 6.10 Å². The van der Waals surface area contributed by atoms with Gasteiger partial charge in [-0.15, -0.1) is 0 Å². The third-order valence-corrected chi connectivity index (χ3v) is 8.27. The standard InChI is InChI=1S/C37H72O5/c1-4-5-6-7-8-17-21-24-27-30-36(39)41-32-35(38)33-42-37(40)31-28-25-22-19-16-14-12-10-9-11-13-15-18-20-23-26-29-34(2)3/h34-35,38H,4-33H2,1-3H3/t35-/m0/s1. The van der Waals surface area contributed by atoms with Crippen LogP contribution in [0.25, 0.3) is 0 Å². The van der Waals surface area contributed by atoms with Crippen LogP contribution in [0.1, 0.15) is 201 Å². The zero-order valence-electron chi connectivity index (χ0n) is 28.4. The Morgan fingerprint density at radius 3 is 1.07 bits per heavy atom. The highest BCUT2D eigenvalue weighted by atomic mass is 16.6. The monoisotopic (exact) mass is 597 g/mol. The predicted octanol–water partition coefficient (Wildman–Crippen LogP) is 11.0. The Bertz CT molecular complexity index is 577. The van der Waals surface area contributed by atoms with Gasteiger partial charge in [-0.05, 0) is 18.8 Å². The highest BCUT2D eigenvalue weighted by Gasteiger charge is 2.12. The number of carbonyl (C=O) groups is 2. The molecule has 0 spiro atoms. The average Bonchev–Trinajstić information content (AvgIpc) is 2.97. The van der Waals surface area contributed by atoms with Crippen LogP contribution in [-0.2, 0) is 19.1 Å². The molecule has 0 saturated carbocycles. The van der Waals surface area contributed by atoms with Crippen LogP contribution >= 0.6 is 0 Å². The second-order valence-electron chi connectivity index (χ2n) is 13.2. The molecule has 0 saturated heterocycles. The lowest BCUT2D eigenvalue weighted by atomic mass is 10.0. The number of hydrogen-bond acceptors (Lipinski definition) is 5. The van der Waals surface area contributed by atoms with Crippen LogP contribution in [0.5, 0.6) is 0 Å². The second-order valence-corrected chi connectivity index (χ2v) is 13.2. The minimum atomic E-state index is -0.953. The van der Waals surface area contributed by atoms with Gasteiger partial charge in [0.2, 0.25) is 0 Å². The van der Waals surface area contributed by atoms with Gasteiger partial charge in [-0.25, -0.2) is 0 Å². The number of ether oxygens (including phenoxy) is 2. The fourth-order valence-corrected chi connectivity index (χ4v) is 5.45. The van der Waals surface area contributed by atoms with Gasteiger partial charge in [-0.2, -0.15) is 0 Å². The van der Waals surface area contributed by atoms with E-state index >= 15 is 0 Å². The van der Waals surface area contributed by atoms with Gasteiger partial charge in [0.05, 0.1) is 0 Å². The molecule has 0 aliphatic rings. The summed E-state index contributed by atoms with van der Waals surface area (Å²) in [6.07, 6.45) is 33.0. The second kappa shape index (κ2) is 32.8. The molecule has 0 aliphatic carbocycles. The molecule has 1 N–H and O–H groups in total. The summed E-state index contributed by atoms with van der Waals surface area (Å²) < 4.78 is 10.3. The summed E-state index contributed by atoms with van der Waals surface area (Å²) in [6, 6.07) is 0. The number of aliphatic hydroxyl groups excluding tert-OH is 1. The van der Waals surface area contributed by atoms with Crippen LogP contribution in [0, 0.1) is 5.92 Å². The molecule has 0 unspecified atom stereocenters. The largest absolute Gasteiger partial charge is 0.463 e. The Labute approximate surface area is 261 Å². The van der Waals surface area contributed by atoms with Crippen molar-refractivity contribution in [3.05, 3.63) is 0 Å². The summed E-state index contributed by atoms with van der Waals surface area (Å²) in [5.74, 6) is 0.302. The van der Waals surface area contributed by atoms with Crippen molar-refractivity contribution in [2.75, 3.05) is 13.2 Å². The Morgan fingerprint density at radius 1 is 0.476 bits per heavy atom. The van der Waals surface area contributed by atoms with E-state index in [9.17, 15) is 14.7 Å². The molecule has 5 nitrogen and oxygen atoms in total. The Hall–Kier alpha value is -1.10.